The van der Waals surface area contributed by atoms with Gasteiger partial charge >= 0.3 is 0 Å². The molecule has 138 valence electrons. The van der Waals surface area contributed by atoms with Crippen LogP contribution >= 0.6 is 0 Å². The maximum absolute atomic E-state index is 12.1. The van der Waals surface area contributed by atoms with Crippen LogP contribution in [-0.4, -0.2) is 27.0 Å². The number of amides is 1. The fraction of sp³-hybridized carbons (Fsp3) is 0.0455. The molecule has 2 aromatic carbocycles. The van der Waals surface area contributed by atoms with Gasteiger partial charge in [-0.05, 0) is 59.7 Å². The molecule has 2 heterocycles. The monoisotopic (exact) mass is 370 g/mol. The zero-order valence-electron chi connectivity index (χ0n) is 15.0. The van der Waals surface area contributed by atoms with Crippen LogP contribution in [0, 0.1) is 0 Å². The largest absolute Gasteiger partial charge is 0.484 e. The Labute approximate surface area is 162 Å². The van der Waals surface area contributed by atoms with Gasteiger partial charge < -0.3 is 14.6 Å². The highest BCUT2D eigenvalue weighted by atomic mass is 16.5. The van der Waals surface area contributed by atoms with Gasteiger partial charge in [0, 0.05) is 36.2 Å². The first-order valence-electron chi connectivity index (χ1n) is 8.79. The van der Waals surface area contributed by atoms with E-state index in [0.29, 0.717) is 5.75 Å². The number of hydrogen-bond acceptors (Lipinski definition) is 4. The van der Waals surface area contributed by atoms with Gasteiger partial charge in [-0.1, -0.05) is 12.1 Å². The van der Waals surface area contributed by atoms with Gasteiger partial charge in [0.15, 0.2) is 6.61 Å². The Morgan fingerprint density at radius 1 is 0.857 bits per heavy atom. The van der Waals surface area contributed by atoms with Crippen LogP contribution in [0.4, 0.5) is 5.69 Å². The first-order chi connectivity index (χ1) is 13.8. The van der Waals surface area contributed by atoms with E-state index in [1.807, 2.05) is 71.4 Å². The molecule has 0 unspecified atom stereocenters. The SMILES string of the molecule is O=C(COc1ccc(-n2ccnc2)cc1)Nc1ccc(-c2ccncc2)cc1. The van der Waals surface area contributed by atoms with E-state index in [0.717, 1.165) is 22.5 Å². The van der Waals surface area contributed by atoms with E-state index in [-0.39, 0.29) is 12.5 Å². The third-order valence-corrected chi connectivity index (χ3v) is 4.19. The van der Waals surface area contributed by atoms with Crippen LogP contribution in [0.2, 0.25) is 0 Å². The number of nitrogens with zero attached hydrogens (tertiary/aromatic N) is 3. The average molecular weight is 370 g/mol. The quantitative estimate of drug-likeness (QED) is 0.558. The Morgan fingerprint density at radius 3 is 2.25 bits per heavy atom. The smallest absolute Gasteiger partial charge is 0.262 e. The van der Waals surface area contributed by atoms with Gasteiger partial charge in [0.1, 0.15) is 5.75 Å². The van der Waals surface area contributed by atoms with Crippen LogP contribution in [0.15, 0.2) is 91.8 Å². The number of pyridine rings is 1. The summed E-state index contributed by atoms with van der Waals surface area (Å²) in [6.45, 7) is -0.0590. The number of ether oxygens (including phenoxy) is 1. The number of rotatable bonds is 6. The third kappa shape index (κ3) is 4.24. The van der Waals surface area contributed by atoms with Crippen LogP contribution in [0.25, 0.3) is 16.8 Å². The second-order valence-electron chi connectivity index (χ2n) is 6.11. The fourth-order valence-electron chi connectivity index (χ4n) is 2.76. The lowest BCUT2D eigenvalue weighted by atomic mass is 10.1. The first kappa shape index (κ1) is 17.5. The molecule has 0 saturated carbocycles. The molecule has 0 aliphatic rings. The van der Waals surface area contributed by atoms with Crippen molar-refractivity contribution >= 4 is 11.6 Å². The van der Waals surface area contributed by atoms with Gasteiger partial charge in [0.25, 0.3) is 5.91 Å². The van der Waals surface area contributed by atoms with Crippen molar-refractivity contribution in [3.63, 3.8) is 0 Å². The zero-order valence-corrected chi connectivity index (χ0v) is 15.0. The lowest BCUT2D eigenvalue weighted by Gasteiger charge is -2.09. The van der Waals surface area contributed by atoms with Crippen molar-refractivity contribution in [3.05, 3.63) is 91.8 Å². The second kappa shape index (κ2) is 8.18. The first-order valence-corrected chi connectivity index (χ1v) is 8.79. The number of imidazole rings is 1. The number of aromatic nitrogens is 3. The van der Waals surface area contributed by atoms with E-state index in [9.17, 15) is 4.79 Å². The highest BCUT2D eigenvalue weighted by Gasteiger charge is 2.05. The Bertz CT molecular complexity index is 1030. The molecule has 0 aliphatic heterocycles. The van der Waals surface area contributed by atoms with Crippen molar-refractivity contribution in [2.45, 2.75) is 0 Å². The molecule has 6 heteroatoms. The molecule has 28 heavy (non-hydrogen) atoms. The number of hydrogen-bond donors (Lipinski definition) is 1. The predicted molar refractivity (Wildman–Crippen MR) is 107 cm³/mol. The van der Waals surface area contributed by atoms with Crippen molar-refractivity contribution in [3.8, 4) is 22.6 Å². The minimum absolute atomic E-state index is 0.0590. The molecular formula is C22H18N4O2. The van der Waals surface area contributed by atoms with Gasteiger partial charge in [-0.25, -0.2) is 4.98 Å². The lowest BCUT2D eigenvalue weighted by molar-refractivity contribution is -0.118. The van der Waals surface area contributed by atoms with E-state index in [1.54, 1.807) is 24.9 Å². The standard InChI is InChI=1S/C22H18N4O2/c27-22(15-28-21-7-5-20(6-8-21)26-14-13-24-16-26)25-19-3-1-17(2-4-19)18-9-11-23-12-10-18/h1-14,16H,15H2,(H,25,27). The van der Waals surface area contributed by atoms with E-state index < -0.39 is 0 Å². The van der Waals surface area contributed by atoms with Crippen LogP contribution < -0.4 is 10.1 Å². The van der Waals surface area contributed by atoms with E-state index in [2.05, 4.69) is 15.3 Å². The van der Waals surface area contributed by atoms with Gasteiger partial charge in [0.05, 0.1) is 6.33 Å². The van der Waals surface area contributed by atoms with Crippen molar-refractivity contribution in [2.75, 3.05) is 11.9 Å². The molecule has 0 atom stereocenters. The molecule has 0 fully saturated rings. The maximum Gasteiger partial charge on any atom is 0.262 e. The Hall–Kier alpha value is -3.93. The summed E-state index contributed by atoms with van der Waals surface area (Å²) >= 11 is 0. The molecule has 2 aromatic heterocycles. The number of carbonyl (C=O) groups is 1. The average Bonchev–Trinajstić information content (AvgIpc) is 3.29. The number of anilines is 1. The number of carbonyl (C=O) groups excluding carboxylic acids is 1. The fourth-order valence-corrected chi connectivity index (χ4v) is 2.76. The highest BCUT2D eigenvalue weighted by Crippen LogP contribution is 2.20. The lowest BCUT2D eigenvalue weighted by Crippen LogP contribution is -2.20. The molecule has 1 amide bonds. The van der Waals surface area contributed by atoms with Crippen molar-refractivity contribution in [1.29, 1.82) is 0 Å². The summed E-state index contributed by atoms with van der Waals surface area (Å²) in [5, 5.41) is 2.84. The summed E-state index contributed by atoms with van der Waals surface area (Å²) in [4.78, 5) is 20.2. The molecule has 4 aromatic rings. The molecule has 0 aliphatic carbocycles. The van der Waals surface area contributed by atoms with Gasteiger partial charge in [-0.3, -0.25) is 9.78 Å². The third-order valence-electron chi connectivity index (χ3n) is 4.19. The van der Waals surface area contributed by atoms with Crippen molar-refractivity contribution in [2.24, 2.45) is 0 Å². The Morgan fingerprint density at radius 2 is 1.57 bits per heavy atom. The Balaban J connectivity index is 1.31. The normalized spacial score (nSPS) is 10.4. The van der Waals surface area contributed by atoms with E-state index in [1.165, 1.54) is 0 Å². The molecular weight excluding hydrogens is 352 g/mol. The second-order valence-corrected chi connectivity index (χ2v) is 6.11. The molecule has 0 bridgehead atoms. The minimum atomic E-state index is -0.213. The molecule has 0 spiro atoms. The predicted octanol–water partition coefficient (Wildman–Crippen LogP) is 3.95. The molecule has 6 nitrogen and oxygen atoms in total. The molecule has 0 saturated heterocycles. The Kier molecular flexibility index (Phi) is 5.11. The molecule has 4 rings (SSSR count). The molecule has 1 N–H and O–H groups in total. The van der Waals surface area contributed by atoms with Gasteiger partial charge in [0.2, 0.25) is 0 Å². The molecule has 0 radical (unpaired) electrons. The summed E-state index contributed by atoms with van der Waals surface area (Å²) in [6, 6.07) is 19.0. The summed E-state index contributed by atoms with van der Waals surface area (Å²) < 4.78 is 7.46. The van der Waals surface area contributed by atoms with Crippen LogP contribution in [-0.2, 0) is 4.79 Å². The zero-order chi connectivity index (χ0) is 19.2. The summed E-state index contributed by atoms with van der Waals surface area (Å²) in [5.74, 6) is 0.419. The van der Waals surface area contributed by atoms with Crippen LogP contribution in [0.1, 0.15) is 0 Å². The summed E-state index contributed by atoms with van der Waals surface area (Å²) in [7, 11) is 0. The summed E-state index contributed by atoms with van der Waals surface area (Å²) in [6.07, 6.45) is 8.82. The van der Waals surface area contributed by atoms with Crippen LogP contribution in [0.5, 0.6) is 5.75 Å². The topological polar surface area (TPSA) is 69.0 Å². The highest BCUT2D eigenvalue weighted by molar-refractivity contribution is 5.92. The van der Waals surface area contributed by atoms with Gasteiger partial charge in [-0.15, -0.1) is 0 Å². The van der Waals surface area contributed by atoms with E-state index in [4.69, 9.17) is 4.74 Å². The van der Waals surface area contributed by atoms with E-state index >= 15 is 0 Å². The number of nitrogens with one attached hydrogen (secondary N) is 1. The van der Waals surface area contributed by atoms with Crippen molar-refractivity contribution in [1.82, 2.24) is 14.5 Å². The summed E-state index contributed by atoms with van der Waals surface area (Å²) in [5.41, 5.74) is 3.84. The van der Waals surface area contributed by atoms with Crippen molar-refractivity contribution < 1.29 is 9.53 Å². The van der Waals surface area contributed by atoms with Crippen LogP contribution in [0.3, 0.4) is 0 Å². The minimum Gasteiger partial charge on any atom is -0.484 e. The van der Waals surface area contributed by atoms with Gasteiger partial charge in [-0.2, -0.15) is 0 Å². The maximum atomic E-state index is 12.1. The number of benzene rings is 2.